The van der Waals surface area contributed by atoms with Crippen LogP contribution in [0.4, 0.5) is 0 Å². The van der Waals surface area contributed by atoms with Crippen LogP contribution in [0.2, 0.25) is 0 Å². The molecule has 0 N–H and O–H groups in total. The average molecular weight is 429 g/mol. The van der Waals surface area contributed by atoms with E-state index in [1.807, 2.05) is 38.1 Å². The summed E-state index contributed by atoms with van der Waals surface area (Å²) in [6, 6.07) is 10.9. The van der Waals surface area contributed by atoms with E-state index >= 15 is 0 Å². The summed E-state index contributed by atoms with van der Waals surface area (Å²) in [6.45, 7) is 6.11. The van der Waals surface area contributed by atoms with E-state index in [1.165, 1.54) is 0 Å². The van der Waals surface area contributed by atoms with E-state index in [1.54, 1.807) is 31.8 Å². The van der Waals surface area contributed by atoms with Gasteiger partial charge in [0.15, 0.2) is 5.65 Å². The van der Waals surface area contributed by atoms with Gasteiger partial charge in [-0.1, -0.05) is 19.1 Å². The summed E-state index contributed by atoms with van der Waals surface area (Å²) in [5.74, 6) is 0.245. The quantitative estimate of drug-likeness (QED) is 0.605. The zero-order valence-electron chi connectivity index (χ0n) is 17.5. The second kappa shape index (κ2) is 8.35. The molecular weight excluding hydrogens is 400 g/mol. The summed E-state index contributed by atoms with van der Waals surface area (Å²) < 4.78 is 31.0. The van der Waals surface area contributed by atoms with Crippen LogP contribution in [0.5, 0.6) is 0 Å². The van der Waals surface area contributed by atoms with Gasteiger partial charge < -0.3 is 0 Å². The minimum atomic E-state index is -3.48. The van der Waals surface area contributed by atoms with Gasteiger partial charge in [0, 0.05) is 32.4 Å². The van der Waals surface area contributed by atoms with Gasteiger partial charge in [-0.3, -0.25) is 9.13 Å². The molecule has 1 saturated heterocycles. The fourth-order valence-electron chi connectivity index (χ4n) is 4.25. The van der Waals surface area contributed by atoms with Crippen molar-refractivity contribution in [1.82, 2.24) is 18.4 Å². The molecule has 160 valence electrons. The van der Waals surface area contributed by atoms with Crippen molar-refractivity contribution in [3.8, 4) is 0 Å². The Hall–Kier alpha value is -2.45. The fraction of sp³-hybridized carbons (Fsp3) is 0.455. The molecular formula is C22H28N4O3S. The number of imidazole rings is 1. The molecule has 0 amide bonds. The van der Waals surface area contributed by atoms with E-state index < -0.39 is 10.0 Å². The summed E-state index contributed by atoms with van der Waals surface area (Å²) >= 11 is 0. The first kappa shape index (κ1) is 20.8. The predicted octanol–water partition coefficient (Wildman–Crippen LogP) is 2.88. The van der Waals surface area contributed by atoms with Gasteiger partial charge in [0.1, 0.15) is 0 Å². The molecule has 3 aromatic rings. The van der Waals surface area contributed by atoms with E-state index in [0.29, 0.717) is 36.7 Å². The second-order valence-electron chi connectivity index (χ2n) is 7.83. The molecule has 1 aliphatic heterocycles. The molecule has 30 heavy (non-hydrogen) atoms. The Morgan fingerprint density at radius 1 is 1.03 bits per heavy atom. The summed E-state index contributed by atoms with van der Waals surface area (Å²) in [5.41, 5.74) is 2.63. The van der Waals surface area contributed by atoms with Gasteiger partial charge in [0.2, 0.25) is 10.0 Å². The van der Waals surface area contributed by atoms with Crippen molar-refractivity contribution in [2.45, 2.75) is 51.1 Å². The largest absolute Gasteiger partial charge is 0.330 e. The first-order chi connectivity index (χ1) is 14.5. The molecule has 0 atom stereocenters. The molecule has 3 heterocycles. The van der Waals surface area contributed by atoms with E-state index in [4.69, 9.17) is 0 Å². The lowest BCUT2D eigenvalue weighted by atomic mass is 9.98. The molecule has 2 aromatic heterocycles. The molecule has 1 aliphatic rings. The van der Waals surface area contributed by atoms with Crippen molar-refractivity contribution in [2.75, 3.05) is 13.1 Å². The highest BCUT2D eigenvalue weighted by Gasteiger charge is 2.30. The van der Waals surface area contributed by atoms with Crippen molar-refractivity contribution in [1.29, 1.82) is 0 Å². The summed E-state index contributed by atoms with van der Waals surface area (Å²) in [5, 5.41) is 0. The van der Waals surface area contributed by atoms with Crippen LogP contribution in [0.1, 0.15) is 32.3 Å². The topological polar surface area (TPSA) is 77.2 Å². The zero-order chi connectivity index (χ0) is 21.3. The number of aromatic nitrogens is 3. The molecule has 0 aliphatic carbocycles. The highest BCUT2D eigenvalue weighted by molar-refractivity contribution is 7.89. The van der Waals surface area contributed by atoms with E-state index in [9.17, 15) is 13.2 Å². The number of piperidine rings is 1. The Morgan fingerprint density at radius 2 is 1.73 bits per heavy atom. The van der Waals surface area contributed by atoms with Crippen LogP contribution in [-0.2, 0) is 29.5 Å². The molecule has 0 bridgehead atoms. The van der Waals surface area contributed by atoms with E-state index in [2.05, 4.69) is 4.98 Å². The molecule has 0 saturated carbocycles. The number of hydrogen-bond donors (Lipinski definition) is 0. The molecule has 0 radical (unpaired) electrons. The molecule has 7 nitrogen and oxygen atoms in total. The van der Waals surface area contributed by atoms with Gasteiger partial charge >= 0.3 is 5.69 Å². The Bertz CT molecular complexity index is 1190. The van der Waals surface area contributed by atoms with Crippen LogP contribution in [0.25, 0.3) is 11.2 Å². The highest BCUT2D eigenvalue weighted by atomic mass is 32.2. The van der Waals surface area contributed by atoms with Crippen LogP contribution >= 0.6 is 0 Å². The van der Waals surface area contributed by atoms with Crippen molar-refractivity contribution >= 4 is 21.2 Å². The highest BCUT2D eigenvalue weighted by Crippen LogP contribution is 2.25. The van der Waals surface area contributed by atoms with Crippen molar-refractivity contribution in [3.05, 3.63) is 58.6 Å². The number of sulfonamides is 1. The van der Waals surface area contributed by atoms with Crippen LogP contribution in [0.15, 0.2) is 52.3 Å². The Labute approximate surface area is 177 Å². The summed E-state index contributed by atoms with van der Waals surface area (Å²) in [7, 11) is -3.48. The third-order valence-corrected chi connectivity index (χ3v) is 7.99. The minimum absolute atomic E-state index is 0.0442. The lowest BCUT2D eigenvalue weighted by molar-refractivity contribution is 0.252. The Kier molecular flexibility index (Phi) is 5.79. The van der Waals surface area contributed by atoms with Crippen molar-refractivity contribution in [2.24, 2.45) is 5.92 Å². The monoisotopic (exact) mass is 428 g/mol. The number of nitrogens with zero attached hydrogens (tertiary/aromatic N) is 4. The van der Waals surface area contributed by atoms with Gasteiger partial charge in [-0.25, -0.2) is 18.2 Å². The average Bonchev–Trinajstić information content (AvgIpc) is 3.05. The van der Waals surface area contributed by atoms with Gasteiger partial charge in [0.05, 0.1) is 10.4 Å². The van der Waals surface area contributed by atoms with Crippen molar-refractivity contribution < 1.29 is 8.42 Å². The minimum Gasteiger partial charge on any atom is -0.291 e. The van der Waals surface area contributed by atoms with Gasteiger partial charge in [-0.2, -0.15) is 4.31 Å². The van der Waals surface area contributed by atoms with Gasteiger partial charge in [-0.15, -0.1) is 0 Å². The molecule has 1 fully saturated rings. The van der Waals surface area contributed by atoms with E-state index in [0.717, 1.165) is 30.3 Å². The van der Waals surface area contributed by atoms with Crippen molar-refractivity contribution in [3.63, 3.8) is 0 Å². The van der Waals surface area contributed by atoms with E-state index in [-0.39, 0.29) is 11.6 Å². The number of pyridine rings is 1. The summed E-state index contributed by atoms with van der Waals surface area (Å²) in [6.07, 6.45) is 4.04. The number of fused-ring (bicyclic) bond motifs is 1. The lowest BCUT2D eigenvalue weighted by Gasteiger charge is -2.31. The van der Waals surface area contributed by atoms with Crippen LogP contribution < -0.4 is 5.69 Å². The Balaban J connectivity index is 1.48. The number of benzene rings is 1. The number of aryl methyl sites for hydroxylation is 2. The number of hydrogen-bond acceptors (Lipinski definition) is 4. The van der Waals surface area contributed by atoms with Crippen LogP contribution in [-0.4, -0.2) is 39.9 Å². The normalized spacial score (nSPS) is 16.3. The van der Waals surface area contributed by atoms with Gasteiger partial charge in [-0.05, 0) is 61.9 Å². The molecule has 0 spiro atoms. The zero-order valence-corrected chi connectivity index (χ0v) is 18.3. The summed E-state index contributed by atoms with van der Waals surface area (Å²) in [4.78, 5) is 17.6. The fourth-order valence-corrected chi connectivity index (χ4v) is 5.72. The van der Waals surface area contributed by atoms with Crippen LogP contribution in [0.3, 0.4) is 0 Å². The molecule has 0 unspecified atom stereocenters. The molecule has 8 heteroatoms. The maximum absolute atomic E-state index is 13.0. The Morgan fingerprint density at radius 3 is 2.37 bits per heavy atom. The maximum atomic E-state index is 13.0. The second-order valence-corrected chi connectivity index (χ2v) is 9.77. The van der Waals surface area contributed by atoms with Gasteiger partial charge in [0.25, 0.3) is 0 Å². The first-order valence-corrected chi connectivity index (χ1v) is 12.0. The SMILES string of the molecule is CCc1ccc(S(=O)(=O)N2CCC(Cn3c(=O)n(CC)c4cccnc43)CC2)cc1. The molecule has 4 rings (SSSR count). The third kappa shape index (κ3) is 3.70. The smallest absolute Gasteiger partial charge is 0.291 e. The maximum Gasteiger partial charge on any atom is 0.330 e. The standard InChI is InChI=1S/C22H28N4O3S/c1-3-17-7-9-19(10-8-17)30(28,29)24-14-11-18(12-15-24)16-26-21-20(6-5-13-23-21)25(4-2)22(26)27/h5-10,13,18H,3-4,11-12,14-16H2,1-2H3. The first-order valence-electron chi connectivity index (χ1n) is 10.6. The lowest BCUT2D eigenvalue weighted by Crippen LogP contribution is -2.40. The van der Waals surface area contributed by atoms with Crippen LogP contribution in [0, 0.1) is 5.92 Å². The third-order valence-electron chi connectivity index (χ3n) is 6.07. The molecule has 1 aromatic carbocycles. The predicted molar refractivity (Wildman–Crippen MR) is 117 cm³/mol. The number of rotatable bonds is 6.